The summed E-state index contributed by atoms with van der Waals surface area (Å²) >= 11 is 0. The van der Waals surface area contributed by atoms with Crippen LogP contribution >= 0.6 is 0 Å². The summed E-state index contributed by atoms with van der Waals surface area (Å²) in [5.74, 6) is 0. The summed E-state index contributed by atoms with van der Waals surface area (Å²) in [4.78, 5) is 4.69. The van der Waals surface area contributed by atoms with Crippen LogP contribution < -0.4 is 10.6 Å². The average Bonchev–Trinajstić information content (AvgIpc) is 2.92. The van der Waals surface area contributed by atoms with Gasteiger partial charge in [-0.25, -0.2) is 4.98 Å². The van der Waals surface area contributed by atoms with Crippen molar-refractivity contribution in [3.8, 4) is 0 Å². The van der Waals surface area contributed by atoms with Crippen molar-refractivity contribution in [2.45, 2.75) is 61.3 Å². The minimum Gasteiger partial charge on any atom is -0.394 e. The number of benzene rings is 2. The number of ether oxygens (including phenoxy) is 2. The van der Waals surface area contributed by atoms with Gasteiger partial charge in [-0.05, 0) is 30.3 Å². The van der Waals surface area contributed by atoms with Gasteiger partial charge in [0.2, 0.25) is 0 Å². The Kier molecular flexibility index (Phi) is 7.66. The minimum absolute atomic E-state index is 0.518. The molecule has 2 aliphatic rings. The molecule has 38 heavy (non-hydrogen) atoms. The summed E-state index contributed by atoms with van der Waals surface area (Å²) in [5, 5.41) is 87.0. The van der Waals surface area contributed by atoms with Crippen LogP contribution in [0.1, 0.15) is 0 Å². The molecular formula is C25H31N3O10. The van der Waals surface area contributed by atoms with Gasteiger partial charge in [0.25, 0.3) is 0 Å². The molecule has 3 aromatic rings. The van der Waals surface area contributed by atoms with E-state index in [1.807, 2.05) is 18.2 Å². The number of nitrogens with zero attached hydrogens (tertiary/aromatic N) is 1. The molecule has 10 atom stereocenters. The minimum atomic E-state index is -1.50. The fourth-order valence-corrected chi connectivity index (χ4v) is 4.77. The molecule has 2 saturated heterocycles. The van der Waals surface area contributed by atoms with Crippen molar-refractivity contribution in [1.29, 1.82) is 0 Å². The molecule has 0 spiro atoms. The number of aliphatic hydroxyl groups excluding tert-OH is 8. The SMILES string of the molecule is OC[C@H]1OC(Nc2ccc3cc4ccc(NC5O[C@H](CO)[C@@H](O)[C@H](O)[C@H]5O)cc4nc3c2)[C@H](O)[C@@H](O)[C@@H]1O. The van der Waals surface area contributed by atoms with Gasteiger partial charge in [0.05, 0.1) is 24.2 Å². The van der Waals surface area contributed by atoms with E-state index in [1.165, 1.54) is 0 Å². The number of pyridine rings is 1. The van der Waals surface area contributed by atoms with E-state index in [1.54, 1.807) is 24.3 Å². The molecule has 0 aliphatic carbocycles. The Labute approximate surface area is 216 Å². The maximum atomic E-state index is 10.3. The van der Waals surface area contributed by atoms with Crippen LogP contribution in [0, 0.1) is 0 Å². The van der Waals surface area contributed by atoms with Crippen molar-refractivity contribution in [2.24, 2.45) is 0 Å². The molecule has 0 radical (unpaired) electrons. The highest BCUT2D eigenvalue weighted by atomic mass is 16.6. The fraction of sp³-hybridized carbons (Fsp3) is 0.480. The third kappa shape index (κ3) is 5.01. The van der Waals surface area contributed by atoms with Crippen molar-refractivity contribution in [3.63, 3.8) is 0 Å². The molecule has 10 N–H and O–H groups in total. The van der Waals surface area contributed by atoms with Gasteiger partial charge in [0, 0.05) is 22.1 Å². The lowest BCUT2D eigenvalue weighted by atomic mass is 9.98. The van der Waals surface area contributed by atoms with Crippen LogP contribution in [0.15, 0.2) is 42.5 Å². The van der Waals surface area contributed by atoms with E-state index in [2.05, 4.69) is 10.6 Å². The Balaban J connectivity index is 1.37. The van der Waals surface area contributed by atoms with Crippen molar-refractivity contribution in [3.05, 3.63) is 42.5 Å². The smallest absolute Gasteiger partial charge is 0.157 e. The lowest BCUT2D eigenvalue weighted by Crippen LogP contribution is -2.60. The number of aromatic nitrogens is 1. The van der Waals surface area contributed by atoms with Gasteiger partial charge in [-0.2, -0.15) is 0 Å². The largest absolute Gasteiger partial charge is 0.394 e. The number of fused-ring (bicyclic) bond motifs is 2. The molecule has 0 saturated carbocycles. The molecule has 0 bridgehead atoms. The predicted octanol–water partition coefficient (Wildman–Crippen LogP) is -2.19. The summed E-state index contributed by atoms with van der Waals surface area (Å²) < 4.78 is 11.0. The number of nitrogens with one attached hydrogen (secondary N) is 2. The van der Waals surface area contributed by atoms with Gasteiger partial charge in [-0.1, -0.05) is 12.1 Å². The van der Waals surface area contributed by atoms with Gasteiger partial charge in [-0.3, -0.25) is 0 Å². The van der Waals surface area contributed by atoms with Crippen LogP contribution in [-0.2, 0) is 9.47 Å². The van der Waals surface area contributed by atoms with Crippen LogP contribution in [0.5, 0.6) is 0 Å². The maximum absolute atomic E-state index is 10.3. The number of aliphatic hydroxyl groups is 8. The standard InChI is InChI=1S/C25H31N3O10/c29-8-16-18(31)20(33)22(35)24(37-16)26-12-3-1-10-5-11-2-4-13(7-15(11)28-14(10)6-12)27-25-23(36)21(34)19(32)17(9-30)38-25/h1-7,16-27,29-36H,8-9H2/t16-,17-,18-,19-,20+,21+,22-,23-,24?,25?/m1/s1. The molecular weight excluding hydrogens is 502 g/mol. The third-order valence-corrected chi connectivity index (χ3v) is 7.02. The molecule has 2 aliphatic heterocycles. The number of hydrogen-bond donors (Lipinski definition) is 10. The van der Waals surface area contributed by atoms with Crippen LogP contribution in [0.3, 0.4) is 0 Å². The molecule has 2 fully saturated rings. The van der Waals surface area contributed by atoms with Gasteiger partial charge in [0.1, 0.15) is 48.8 Å². The van der Waals surface area contributed by atoms with E-state index >= 15 is 0 Å². The first-order valence-corrected chi connectivity index (χ1v) is 12.2. The Morgan fingerprint density at radius 1 is 0.579 bits per heavy atom. The van der Waals surface area contributed by atoms with E-state index < -0.39 is 74.5 Å². The van der Waals surface area contributed by atoms with Crippen molar-refractivity contribution in [1.82, 2.24) is 4.98 Å². The van der Waals surface area contributed by atoms with E-state index in [9.17, 15) is 40.9 Å². The molecule has 13 nitrogen and oxygen atoms in total. The highest BCUT2D eigenvalue weighted by molar-refractivity contribution is 5.95. The second-order valence-electron chi connectivity index (χ2n) is 9.59. The zero-order valence-electron chi connectivity index (χ0n) is 20.1. The molecule has 5 rings (SSSR count). The first kappa shape index (κ1) is 26.9. The molecule has 3 heterocycles. The van der Waals surface area contributed by atoms with Gasteiger partial charge < -0.3 is 61.0 Å². The summed E-state index contributed by atoms with van der Waals surface area (Å²) in [5.41, 5.74) is 2.22. The lowest BCUT2D eigenvalue weighted by Gasteiger charge is -2.40. The summed E-state index contributed by atoms with van der Waals surface area (Å²) in [6.07, 6.45) is -13.0. The zero-order chi connectivity index (χ0) is 27.1. The first-order valence-electron chi connectivity index (χ1n) is 12.2. The second-order valence-corrected chi connectivity index (χ2v) is 9.59. The predicted molar refractivity (Wildman–Crippen MR) is 134 cm³/mol. The lowest BCUT2D eigenvalue weighted by molar-refractivity contribution is -0.221. The van der Waals surface area contributed by atoms with Crippen molar-refractivity contribution < 1.29 is 50.3 Å². The first-order chi connectivity index (χ1) is 18.2. The third-order valence-electron chi connectivity index (χ3n) is 7.02. The number of anilines is 2. The molecule has 1 aromatic heterocycles. The highest BCUT2D eigenvalue weighted by Crippen LogP contribution is 2.29. The van der Waals surface area contributed by atoms with Gasteiger partial charge in [-0.15, -0.1) is 0 Å². The quantitative estimate of drug-likeness (QED) is 0.153. The van der Waals surface area contributed by atoms with Crippen LogP contribution in [0.4, 0.5) is 11.4 Å². The molecule has 2 unspecified atom stereocenters. The van der Waals surface area contributed by atoms with E-state index in [4.69, 9.17) is 14.5 Å². The van der Waals surface area contributed by atoms with Crippen LogP contribution in [-0.4, -0.2) is 120 Å². The van der Waals surface area contributed by atoms with E-state index in [-0.39, 0.29) is 0 Å². The Morgan fingerprint density at radius 3 is 1.39 bits per heavy atom. The van der Waals surface area contributed by atoms with E-state index in [0.717, 1.165) is 10.8 Å². The second kappa shape index (κ2) is 10.8. The van der Waals surface area contributed by atoms with Crippen molar-refractivity contribution >= 4 is 33.2 Å². The Bertz CT molecular complexity index is 1180. The van der Waals surface area contributed by atoms with Crippen LogP contribution in [0.2, 0.25) is 0 Å². The van der Waals surface area contributed by atoms with Crippen LogP contribution in [0.25, 0.3) is 21.8 Å². The molecule has 2 aromatic carbocycles. The monoisotopic (exact) mass is 533 g/mol. The normalized spacial score (nSPS) is 35.9. The zero-order valence-corrected chi connectivity index (χ0v) is 20.1. The fourth-order valence-electron chi connectivity index (χ4n) is 4.77. The van der Waals surface area contributed by atoms with Gasteiger partial charge >= 0.3 is 0 Å². The summed E-state index contributed by atoms with van der Waals surface area (Å²) in [6, 6.07) is 12.5. The van der Waals surface area contributed by atoms with Gasteiger partial charge in [0.15, 0.2) is 12.5 Å². The summed E-state index contributed by atoms with van der Waals surface area (Å²) in [7, 11) is 0. The Hall–Kier alpha value is -2.69. The summed E-state index contributed by atoms with van der Waals surface area (Å²) in [6.45, 7) is -1.07. The average molecular weight is 534 g/mol. The molecule has 206 valence electrons. The van der Waals surface area contributed by atoms with Crippen molar-refractivity contribution in [2.75, 3.05) is 23.8 Å². The maximum Gasteiger partial charge on any atom is 0.157 e. The van der Waals surface area contributed by atoms with E-state index in [0.29, 0.717) is 22.4 Å². The topological polar surface area (TPSA) is 217 Å². The Morgan fingerprint density at radius 2 is 1.00 bits per heavy atom. The number of hydrogen-bond acceptors (Lipinski definition) is 13. The molecule has 13 heteroatoms. The molecule has 0 amide bonds. The highest BCUT2D eigenvalue weighted by Gasteiger charge is 2.44. The number of rotatable bonds is 6.